The highest BCUT2D eigenvalue weighted by Gasteiger charge is 2.45. The van der Waals surface area contributed by atoms with Gasteiger partial charge in [0.2, 0.25) is 0 Å². The third-order valence-corrected chi connectivity index (χ3v) is 6.02. The molecule has 0 radical (unpaired) electrons. The standard InChI is InChI=1S/C17H33NO/c1-6-14-9-7-8-10-15(14)17(18-5)16-11(2)12(3)19-13(16)4/h11-18H,6-10H2,1-5H3. The lowest BCUT2D eigenvalue weighted by Crippen LogP contribution is -2.48. The van der Waals surface area contributed by atoms with Crippen LogP contribution in [0.5, 0.6) is 0 Å². The predicted molar refractivity (Wildman–Crippen MR) is 81.2 cm³/mol. The lowest BCUT2D eigenvalue weighted by atomic mass is 9.68. The van der Waals surface area contributed by atoms with E-state index < -0.39 is 0 Å². The number of rotatable bonds is 4. The van der Waals surface area contributed by atoms with Gasteiger partial charge in [0.15, 0.2) is 0 Å². The third-order valence-electron chi connectivity index (χ3n) is 6.02. The summed E-state index contributed by atoms with van der Waals surface area (Å²) in [6, 6.07) is 0.639. The quantitative estimate of drug-likeness (QED) is 0.835. The zero-order valence-corrected chi connectivity index (χ0v) is 13.5. The van der Waals surface area contributed by atoms with Gasteiger partial charge < -0.3 is 10.1 Å². The van der Waals surface area contributed by atoms with E-state index in [0.717, 1.165) is 11.8 Å². The molecule has 2 rings (SSSR count). The maximum atomic E-state index is 6.09. The van der Waals surface area contributed by atoms with E-state index >= 15 is 0 Å². The van der Waals surface area contributed by atoms with Crippen molar-refractivity contribution in [1.82, 2.24) is 5.32 Å². The summed E-state index contributed by atoms with van der Waals surface area (Å²) in [5.41, 5.74) is 0. The predicted octanol–water partition coefficient (Wildman–Crippen LogP) is 3.85. The summed E-state index contributed by atoms with van der Waals surface area (Å²) in [5.74, 6) is 3.12. The summed E-state index contributed by atoms with van der Waals surface area (Å²) in [7, 11) is 2.16. The highest BCUT2D eigenvalue weighted by molar-refractivity contribution is 4.96. The molecular weight excluding hydrogens is 234 g/mol. The fraction of sp³-hybridized carbons (Fsp3) is 1.00. The molecule has 7 unspecified atom stereocenters. The molecule has 1 aliphatic heterocycles. The molecule has 2 heteroatoms. The van der Waals surface area contributed by atoms with Gasteiger partial charge in [-0.1, -0.05) is 39.5 Å². The molecule has 0 amide bonds. The maximum Gasteiger partial charge on any atom is 0.0597 e. The van der Waals surface area contributed by atoms with Crippen LogP contribution in [0.1, 0.15) is 59.8 Å². The summed E-state index contributed by atoms with van der Waals surface area (Å²) in [6.07, 6.45) is 7.87. The molecule has 7 atom stereocenters. The van der Waals surface area contributed by atoms with Crippen LogP contribution < -0.4 is 5.32 Å². The van der Waals surface area contributed by atoms with Crippen LogP contribution in [-0.2, 0) is 4.74 Å². The number of ether oxygens (including phenoxy) is 1. The Kier molecular flexibility index (Phi) is 5.30. The number of hydrogen-bond acceptors (Lipinski definition) is 2. The zero-order valence-electron chi connectivity index (χ0n) is 13.5. The second-order valence-electron chi connectivity index (χ2n) is 6.91. The van der Waals surface area contributed by atoms with E-state index in [4.69, 9.17) is 4.74 Å². The number of hydrogen-bond donors (Lipinski definition) is 1. The second-order valence-corrected chi connectivity index (χ2v) is 6.91. The van der Waals surface area contributed by atoms with Crippen LogP contribution in [0.25, 0.3) is 0 Å². The summed E-state index contributed by atoms with van der Waals surface area (Å²) >= 11 is 0. The minimum Gasteiger partial charge on any atom is -0.375 e. The first-order valence-corrected chi connectivity index (χ1v) is 8.42. The van der Waals surface area contributed by atoms with E-state index in [1.807, 2.05) is 0 Å². The van der Waals surface area contributed by atoms with Gasteiger partial charge >= 0.3 is 0 Å². The van der Waals surface area contributed by atoms with Crippen molar-refractivity contribution in [2.75, 3.05) is 7.05 Å². The summed E-state index contributed by atoms with van der Waals surface area (Å²) in [5, 5.41) is 3.68. The molecule has 1 saturated heterocycles. The first kappa shape index (κ1) is 15.3. The molecule has 0 spiro atoms. The molecule has 0 bridgehead atoms. The van der Waals surface area contributed by atoms with Crippen molar-refractivity contribution >= 4 is 0 Å². The Labute approximate surface area is 119 Å². The second kappa shape index (κ2) is 6.58. The van der Waals surface area contributed by atoms with Gasteiger partial charge in [-0.2, -0.15) is 0 Å². The van der Waals surface area contributed by atoms with Crippen molar-refractivity contribution in [3.63, 3.8) is 0 Å². The molecule has 19 heavy (non-hydrogen) atoms. The Morgan fingerprint density at radius 3 is 2.32 bits per heavy atom. The molecule has 1 N–H and O–H groups in total. The normalized spacial score (nSPS) is 45.3. The van der Waals surface area contributed by atoms with Gasteiger partial charge in [-0.15, -0.1) is 0 Å². The van der Waals surface area contributed by atoms with Gasteiger partial charge in [0.1, 0.15) is 0 Å². The molecule has 2 fully saturated rings. The highest BCUT2D eigenvalue weighted by Crippen LogP contribution is 2.42. The van der Waals surface area contributed by atoms with Crippen LogP contribution in [0.3, 0.4) is 0 Å². The van der Waals surface area contributed by atoms with Crippen LogP contribution in [0.15, 0.2) is 0 Å². The van der Waals surface area contributed by atoms with Gasteiger partial charge in [0.25, 0.3) is 0 Å². The third kappa shape index (κ3) is 3.00. The zero-order chi connectivity index (χ0) is 14.0. The van der Waals surface area contributed by atoms with Crippen LogP contribution in [0, 0.1) is 23.7 Å². The van der Waals surface area contributed by atoms with E-state index in [1.165, 1.54) is 32.1 Å². The molecule has 1 heterocycles. The van der Waals surface area contributed by atoms with E-state index in [0.29, 0.717) is 30.1 Å². The lowest BCUT2D eigenvalue weighted by molar-refractivity contribution is 0.0391. The Morgan fingerprint density at radius 1 is 1.11 bits per heavy atom. The van der Waals surface area contributed by atoms with Crippen molar-refractivity contribution in [2.24, 2.45) is 23.7 Å². The molecule has 0 aromatic rings. The average molecular weight is 267 g/mol. The van der Waals surface area contributed by atoms with Gasteiger partial charge in [-0.3, -0.25) is 0 Å². The molecule has 0 aromatic carbocycles. The Hall–Kier alpha value is -0.0800. The maximum absolute atomic E-state index is 6.09. The van der Waals surface area contributed by atoms with Crippen molar-refractivity contribution in [2.45, 2.75) is 78.0 Å². The smallest absolute Gasteiger partial charge is 0.0597 e. The van der Waals surface area contributed by atoms with Crippen molar-refractivity contribution < 1.29 is 4.74 Å². The van der Waals surface area contributed by atoms with Gasteiger partial charge in [0, 0.05) is 12.0 Å². The molecule has 2 nitrogen and oxygen atoms in total. The van der Waals surface area contributed by atoms with Crippen LogP contribution in [0.2, 0.25) is 0 Å². The van der Waals surface area contributed by atoms with Crippen LogP contribution in [-0.4, -0.2) is 25.3 Å². The van der Waals surface area contributed by atoms with Gasteiger partial charge in [0.05, 0.1) is 12.2 Å². The van der Waals surface area contributed by atoms with Gasteiger partial charge in [-0.25, -0.2) is 0 Å². The topological polar surface area (TPSA) is 21.3 Å². The Bertz CT molecular complexity index is 280. The minimum atomic E-state index is 0.405. The average Bonchev–Trinajstić information content (AvgIpc) is 2.67. The lowest BCUT2D eigenvalue weighted by Gasteiger charge is -2.41. The van der Waals surface area contributed by atoms with Crippen LogP contribution in [0.4, 0.5) is 0 Å². The number of nitrogens with one attached hydrogen (secondary N) is 1. The van der Waals surface area contributed by atoms with Crippen molar-refractivity contribution in [3.8, 4) is 0 Å². The molecule has 1 aliphatic carbocycles. The van der Waals surface area contributed by atoms with Crippen molar-refractivity contribution in [1.29, 1.82) is 0 Å². The first-order chi connectivity index (χ1) is 9.10. The largest absolute Gasteiger partial charge is 0.375 e. The molecule has 0 aromatic heterocycles. The first-order valence-electron chi connectivity index (χ1n) is 8.42. The minimum absolute atomic E-state index is 0.405. The fourth-order valence-electron chi connectivity index (χ4n) is 4.82. The van der Waals surface area contributed by atoms with E-state index in [9.17, 15) is 0 Å². The Morgan fingerprint density at radius 2 is 1.79 bits per heavy atom. The summed E-state index contributed by atoms with van der Waals surface area (Å²) < 4.78 is 6.09. The summed E-state index contributed by atoms with van der Waals surface area (Å²) in [6.45, 7) is 9.27. The van der Waals surface area contributed by atoms with E-state index in [1.54, 1.807) is 0 Å². The Balaban J connectivity index is 2.14. The molecule has 112 valence electrons. The highest BCUT2D eigenvalue weighted by atomic mass is 16.5. The monoisotopic (exact) mass is 267 g/mol. The van der Waals surface area contributed by atoms with E-state index in [2.05, 4.69) is 40.1 Å². The van der Waals surface area contributed by atoms with Crippen LogP contribution >= 0.6 is 0 Å². The molecule has 1 saturated carbocycles. The molecular formula is C17H33NO. The van der Waals surface area contributed by atoms with Gasteiger partial charge in [-0.05, 0) is 45.1 Å². The van der Waals surface area contributed by atoms with E-state index in [-0.39, 0.29) is 0 Å². The van der Waals surface area contributed by atoms with Crippen molar-refractivity contribution in [3.05, 3.63) is 0 Å². The SMILES string of the molecule is CCC1CCCCC1C(NC)C1C(C)OC(C)C1C. The fourth-order valence-corrected chi connectivity index (χ4v) is 4.82. The molecule has 2 aliphatic rings. The summed E-state index contributed by atoms with van der Waals surface area (Å²) in [4.78, 5) is 0.